The molecule has 1 aromatic carbocycles. The maximum Gasteiger partial charge on any atom is 0.271 e. The molecule has 3 N–H and O–H groups in total. The van der Waals surface area contributed by atoms with E-state index >= 15 is 0 Å². The smallest absolute Gasteiger partial charge is 0.271 e. The number of rotatable bonds is 4. The van der Waals surface area contributed by atoms with Gasteiger partial charge in [-0.2, -0.15) is 0 Å². The lowest BCUT2D eigenvalue weighted by atomic mass is 10.2. The molecule has 0 radical (unpaired) electrons. The molecule has 102 valence electrons. The van der Waals surface area contributed by atoms with Crippen LogP contribution in [-0.4, -0.2) is 15.5 Å². The Bertz CT molecular complexity index is 698. The molecule has 2 aromatic rings. The van der Waals surface area contributed by atoms with Crippen molar-refractivity contribution in [3.63, 3.8) is 0 Å². The van der Waals surface area contributed by atoms with Crippen LogP contribution in [0, 0.1) is 0 Å². The number of nitrogens with two attached hydrogens (primary N) is 1. The Morgan fingerprint density at radius 2 is 2.05 bits per heavy atom. The van der Waals surface area contributed by atoms with Crippen LogP contribution in [-0.2, 0) is 10.0 Å². The third-order valence-electron chi connectivity index (χ3n) is 2.32. The number of nitrogens with one attached hydrogen (secondary N) is 1. The predicted octanol–water partition coefficient (Wildman–Crippen LogP) is 2.90. The van der Waals surface area contributed by atoms with Gasteiger partial charge in [-0.25, -0.2) is 8.42 Å². The van der Waals surface area contributed by atoms with E-state index < -0.39 is 10.0 Å². The predicted molar refractivity (Wildman–Crippen MR) is 80.2 cm³/mol. The summed E-state index contributed by atoms with van der Waals surface area (Å²) in [5, 5.41) is 0. The van der Waals surface area contributed by atoms with E-state index in [1.165, 1.54) is 13.2 Å². The molecule has 8 heteroatoms. The highest BCUT2D eigenvalue weighted by atomic mass is 79.9. The molecule has 0 amide bonds. The van der Waals surface area contributed by atoms with E-state index in [1.54, 1.807) is 24.3 Å². The number of hydrogen-bond acceptors (Lipinski definition) is 5. The first-order valence-corrected chi connectivity index (χ1v) is 8.23. The van der Waals surface area contributed by atoms with Gasteiger partial charge in [0, 0.05) is 6.07 Å². The van der Waals surface area contributed by atoms with E-state index in [1.807, 2.05) is 0 Å². The fourth-order valence-electron chi connectivity index (χ4n) is 1.40. The van der Waals surface area contributed by atoms with Crippen LogP contribution >= 0.6 is 27.3 Å². The van der Waals surface area contributed by atoms with Crippen molar-refractivity contribution in [1.29, 1.82) is 0 Å². The summed E-state index contributed by atoms with van der Waals surface area (Å²) in [5.74, 6) is 0.569. The van der Waals surface area contributed by atoms with Crippen molar-refractivity contribution in [3.05, 3.63) is 34.1 Å². The Kier molecular flexibility index (Phi) is 4.02. The molecule has 2 rings (SSSR count). The number of nitrogen functional groups attached to an aromatic ring is 1. The maximum atomic E-state index is 12.1. The van der Waals surface area contributed by atoms with Gasteiger partial charge in [0.1, 0.15) is 9.96 Å². The molecule has 0 unspecified atom stereocenters. The fourth-order valence-corrected chi connectivity index (χ4v) is 4.50. The van der Waals surface area contributed by atoms with Gasteiger partial charge in [0.2, 0.25) is 0 Å². The molecular formula is C11H11BrN2O3S2. The number of hydrogen-bond donors (Lipinski definition) is 2. The lowest BCUT2D eigenvalue weighted by Gasteiger charge is -2.10. The highest BCUT2D eigenvalue weighted by molar-refractivity contribution is 9.11. The maximum absolute atomic E-state index is 12.1. The largest absolute Gasteiger partial charge is 0.497 e. The first-order chi connectivity index (χ1) is 8.92. The summed E-state index contributed by atoms with van der Waals surface area (Å²) < 4.78 is 32.6. The second-order valence-corrected chi connectivity index (χ2v) is 7.99. The van der Waals surface area contributed by atoms with E-state index in [0.717, 1.165) is 15.1 Å². The number of halogens is 1. The molecule has 1 heterocycles. The molecule has 5 nitrogen and oxygen atoms in total. The molecule has 0 aliphatic heterocycles. The van der Waals surface area contributed by atoms with E-state index in [0.29, 0.717) is 17.1 Å². The Hall–Kier alpha value is -1.25. The summed E-state index contributed by atoms with van der Waals surface area (Å²) in [6, 6.07) is 7.96. The summed E-state index contributed by atoms with van der Waals surface area (Å²) in [5.41, 5.74) is 6.40. The van der Waals surface area contributed by atoms with Gasteiger partial charge in [-0.15, -0.1) is 11.3 Å². The highest BCUT2D eigenvalue weighted by Gasteiger charge is 2.17. The Morgan fingerprint density at radius 1 is 1.32 bits per heavy atom. The molecule has 0 bridgehead atoms. The highest BCUT2D eigenvalue weighted by Crippen LogP contribution is 2.30. The number of sulfonamides is 1. The molecule has 0 aliphatic rings. The van der Waals surface area contributed by atoms with Gasteiger partial charge < -0.3 is 10.5 Å². The molecular weight excluding hydrogens is 352 g/mol. The van der Waals surface area contributed by atoms with Crippen molar-refractivity contribution < 1.29 is 13.2 Å². The minimum Gasteiger partial charge on any atom is -0.497 e. The zero-order valence-electron chi connectivity index (χ0n) is 9.88. The van der Waals surface area contributed by atoms with Crippen molar-refractivity contribution >= 4 is 48.7 Å². The summed E-state index contributed by atoms with van der Waals surface area (Å²) in [6.45, 7) is 0. The van der Waals surface area contributed by atoms with E-state index in [-0.39, 0.29) is 4.21 Å². The van der Waals surface area contributed by atoms with Gasteiger partial charge in [-0.3, -0.25) is 4.72 Å². The van der Waals surface area contributed by atoms with Crippen LogP contribution < -0.4 is 15.2 Å². The number of anilines is 2. The summed E-state index contributed by atoms with van der Waals surface area (Å²) in [4.78, 5) is 0. The quantitative estimate of drug-likeness (QED) is 0.819. The van der Waals surface area contributed by atoms with Crippen molar-refractivity contribution in [2.24, 2.45) is 0 Å². The van der Waals surface area contributed by atoms with Gasteiger partial charge in [0.05, 0.1) is 22.3 Å². The Morgan fingerprint density at radius 3 is 2.58 bits per heavy atom. The first-order valence-electron chi connectivity index (χ1n) is 5.14. The Labute approximate surface area is 123 Å². The molecule has 0 aliphatic carbocycles. The minimum atomic E-state index is -3.62. The van der Waals surface area contributed by atoms with Crippen LogP contribution in [0.5, 0.6) is 5.75 Å². The van der Waals surface area contributed by atoms with Crippen molar-refractivity contribution in [1.82, 2.24) is 0 Å². The van der Waals surface area contributed by atoms with E-state index in [2.05, 4.69) is 20.7 Å². The van der Waals surface area contributed by atoms with Crippen molar-refractivity contribution in [2.75, 3.05) is 17.6 Å². The van der Waals surface area contributed by atoms with Gasteiger partial charge in [-0.1, -0.05) is 0 Å². The van der Waals surface area contributed by atoms with Gasteiger partial charge in [-0.05, 0) is 40.2 Å². The van der Waals surface area contributed by atoms with Crippen LogP contribution in [0.2, 0.25) is 0 Å². The summed E-state index contributed by atoms with van der Waals surface area (Å²) >= 11 is 4.36. The fraction of sp³-hybridized carbons (Fsp3) is 0.0909. The zero-order chi connectivity index (χ0) is 14.0. The van der Waals surface area contributed by atoms with Gasteiger partial charge >= 0.3 is 0 Å². The topological polar surface area (TPSA) is 81.4 Å². The lowest BCUT2D eigenvalue weighted by Crippen LogP contribution is -2.12. The number of methoxy groups -OCH3 is 1. The monoisotopic (exact) mass is 362 g/mol. The lowest BCUT2D eigenvalue weighted by molar-refractivity contribution is 0.415. The molecule has 1 aromatic heterocycles. The van der Waals surface area contributed by atoms with Crippen LogP contribution in [0.4, 0.5) is 11.4 Å². The normalized spacial score (nSPS) is 11.3. The van der Waals surface area contributed by atoms with E-state index in [4.69, 9.17) is 10.5 Å². The van der Waals surface area contributed by atoms with Crippen LogP contribution in [0.3, 0.4) is 0 Å². The number of benzene rings is 1. The molecule has 0 saturated heterocycles. The third-order valence-corrected chi connectivity index (χ3v) is 5.80. The summed E-state index contributed by atoms with van der Waals surface area (Å²) in [6.07, 6.45) is 0. The van der Waals surface area contributed by atoms with Crippen molar-refractivity contribution in [2.45, 2.75) is 4.21 Å². The van der Waals surface area contributed by atoms with Gasteiger partial charge in [0.25, 0.3) is 10.0 Å². The molecule has 0 fully saturated rings. The third kappa shape index (κ3) is 3.20. The molecule has 0 saturated carbocycles. The number of ether oxygens (including phenoxy) is 1. The number of thiophene rings is 1. The first kappa shape index (κ1) is 14.2. The Balaban J connectivity index is 2.30. The van der Waals surface area contributed by atoms with Crippen LogP contribution in [0.15, 0.2) is 38.3 Å². The van der Waals surface area contributed by atoms with Crippen LogP contribution in [0.1, 0.15) is 0 Å². The van der Waals surface area contributed by atoms with Gasteiger partial charge in [0.15, 0.2) is 0 Å². The molecule has 0 atom stereocenters. The SMILES string of the molecule is COc1ccc(NS(=O)(=O)c2ccc(Br)s2)c(N)c1. The van der Waals surface area contributed by atoms with E-state index in [9.17, 15) is 8.42 Å². The second-order valence-electron chi connectivity index (χ2n) is 3.62. The molecule has 0 spiro atoms. The average molecular weight is 363 g/mol. The van der Waals surface area contributed by atoms with Crippen molar-refractivity contribution in [3.8, 4) is 5.75 Å². The second kappa shape index (κ2) is 5.40. The van der Waals surface area contributed by atoms with Crippen LogP contribution in [0.25, 0.3) is 0 Å². The zero-order valence-corrected chi connectivity index (χ0v) is 13.1. The molecule has 19 heavy (non-hydrogen) atoms. The minimum absolute atomic E-state index is 0.217. The summed E-state index contributed by atoms with van der Waals surface area (Å²) in [7, 11) is -2.10. The average Bonchev–Trinajstić information content (AvgIpc) is 2.79. The standard InChI is InChI=1S/C11H11BrN2O3S2/c1-17-7-2-3-9(8(13)6-7)14-19(15,16)11-5-4-10(12)18-11/h2-6,14H,13H2,1H3.